The molecule has 14 rings (SSSR count). The number of hydrogen-bond donors (Lipinski definition) is 6. The molecule has 2 spiro atoms. The number of rotatable bonds is 17. The van der Waals surface area contributed by atoms with Crippen LogP contribution in [0.15, 0.2) is 119 Å². The summed E-state index contributed by atoms with van der Waals surface area (Å²) >= 11 is 0. The number of carbonyl (C=O) groups is 4. The number of aliphatic hydroxyl groups is 4. The summed E-state index contributed by atoms with van der Waals surface area (Å²) in [5.74, 6) is -5.56. The lowest BCUT2D eigenvalue weighted by Gasteiger charge is -2.48. The third-order valence-corrected chi connectivity index (χ3v) is 29.3. The highest BCUT2D eigenvalue weighted by Crippen LogP contribution is 2.51. The first kappa shape index (κ1) is 101. The summed E-state index contributed by atoms with van der Waals surface area (Å²) in [5, 5.41) is 53.4. The van der Waals surface area contributed by atoms with Crippen molar-refractivity contribution in [3.63, 3.8) is 0 Å². The van der Waals surface area contributed by atoms with Gasteiger partial charge in [0.2, 0.25) is 11.8 Å². The van der Waals surface area contributed by atoms with E-state index < -0.39 is 169 Å². The van der Waals surface area contributed by atoms with Crippen LogP contribution in [0.25, 0.3) is 0 Å². The summed E-state index contributed by atoms with van der Waals surface area (Å²) in [7, 11) is 6.54. The van der Waals surface area contributed by atoms with Gasteiger partial charge in [-0.15, -0.1) is 0 Å². The highest BCUT2D eigenvalue weighted by molar-refractivity contribution is 5.80. The van der Waals surface area contributed by atoms with Crippen LogP contribution in [0, 0.1) is 47.3 Å². The molecule has 12 aliphatic heterocycles. The molecule has 0 aromatic carbocycles. The fraction of sp³-hybridized carbons (Fsp3) is 0.758. The van der Waals surface area contributed by atoms with E-state index in [2.05, 4.69) is 90.3 Å². The third-order valence-electron chi connectivity index (χ3n) is 29.3. The summed E-state index contributed by atoms with van der Waals surface area (Å²) in [5.41, 5.74) is 0.228. The summed E-state index contributed by atoms with van der Waals surface area (Å²) < 4.78 is 129. The second-order valence-electron chi connectivity index (χ2n) is 39.2. The first-order valence-electron chi connectivity index (χ1n) is 47.2. The van der Waals surface area contributed by atoms with Crippen molar-refractivity contribution in [1.82, 2.24) is 10.6 Å². The number of fused-ring (bicyclic) bond motifs is 4. The normalized spacial score (nSPS) is 47.4. The number of hydrogen-bond acceptors (Lipinski definition) is 28. The molecule has 0 saturated carbocycles. The number of methoxy groups -OCH3 is 4. The van der Waals surface area contributed by atoms with Crippen LogP contribution in [0.5, 0.6) is 0 Å². The zero-order valence-corrected chi connectivity index (χ0v) is 79.6. The van der Waals surface area contributed by atoms with Crippen LogP contribution in [0.1, 0.15) is 195 Å². The molecular weight excluding hydrogens is 1670 g/mol. The van der Waals surface area contributed by atoms with Crippen LogP contribution in [-0.4, -0.2) is 280 Å². The van der Waals surface area contributed by atoms with Crippen LogP contribution in [0.3, 0.4) is 0 Å². The Morgan fingerprint density at radius 1 is 0.481 bits per heavy atom. The van der Waals surface area contributed by atoms with Gasteiger partial charge < -0.3 is 126 Å². The van der Waals surface area contributed by atoms with Gasteiger partial charge in [0.1, 0.15) is 71.9 Å². The zero-order valence-electron chi connectivity index (χ0n) is 79.6. The van der Waals surface area contributed by atoms with Crippen molar-refractivity contribution in [3.05, 3.63) is 119 Å². The lowest BCUT2D eigenvalue weighted by Crippen LogP contribution is -2.58. The minimum absolute atomic E-state index is 0.0266. The van der Waals surface area contributed by atoms with Crippen LogP contribution < -0.4 is 10.6 Å². The molecule has 0 aromatic heterocycles. The Morgan fingerprint density at radius 3 is 1.23 bits per heavy atom. The molecule has 722 valence electrons. The van der Waals surface area contributed by atoms with Gasteiger partial charge in [0, 0.05) is 117 Å². The molecule has 8 saturated heterocycles. The average Bonchev–Trinajstić information content (AvgIpc) is 1.60. The van der Waals surface area contributed by atoms with Gasteiger partial charge in [-0.3, -0.25) is 19.2 Å². The quantitative estimate of drug-likeness (QED) is 0.0582. The van der Waals surface area contributed by atoms with E-state index in [4.69, 9.17) is 94.7 Å². The summed E-state index contributed by atoms with van der Waals surface area (Å²) in [6.07, 6.45) is 17.9. The molecule has 4 bridgehead atoms. The fourth-order valence-electron chi connectivity index (χ4n) is 21.9. The van der Waals surface area contributed by atoms with E-state index in [1.165, 1.54) is 13.8 Å². The Bertz CT molecular complexity index is 4190. The molecule has 30 nitrogen and oxygen atoms in total. The monoisotopic (exact) mass is 1810 g/mol. The number of allylic oxidation sites excluding steroid dienone is 4. The van der Waals surface area contributed by atoms with Crippen molar-refractivity contribution in [2.45, 2.75) is 390 Å². The van der Waals surface area contributed by atoms with Crippen molar-refractivity contribution in [2.24, 2.45) is 47.3 Å². The molecule has 14 aliphatic rings. The molecule has 2 aliphatic carbocycles. The van der Waals surface area contributed by atoms with E-state index in [1.807, 2.05) is 78.0 Å². The van der Waals surface area contributed by atoms with E-state index in [9.17, 15) is 39.6 Å². The topological polar surface area (TPSA) is 358 Å². The maximum absolute atomic E-state index is 14.4. The highest BCUT2D eigenvalue weighted by atomic mass is 16.8. The lowest BCUT2D eigenvalue weighted by molar-refractivity contribution is -0.311. The first-order chi connectivity index (χ1) is 61.2. The van der Waals surface area contributed by atoms with Gasteiger partial charge in [-0.05, 0) is 126 Å². The lowest BCUT2D eigenvalue weighted by atomic mass is 9.71. The SMILES string of the molecule is CC[C@H](C)[C@H]1O[C@]2(C=C[C@@H]1C)C[C@@H]1C[C@@H](C/C=C(\C)[C@@H](O[C@H]3C[C@H](OC)[C@@H](O[C@H]4C[C@H](OC)[C@H](NC(C)=O)[C@H](C)O4)[C@H](C)O3)[C@@H](C)/C=C/C=C3\CO[C@@H]4[C@H](O)C(C)=CC(C(=O)O1)[C@]34O)O2.CO[C@H]1C[C@H](O[C@H]2[C@H](C)O[C@@H](O[C@@H]3/C(C)=C/C[C@@H]4C[C@@H](C[C@]5(C=C[C@H](C)[C@@H](C(C)C)O5)O4)OC(=O)C4C=C(C)[C@@H](O)[C@H]5OC/C(=C\C=C\[C@@H]3C)[C@@]45O)C[C@@H]2OC)O[C@@H](C)[C@H]1NC(C)=O. The van der Waals surface area contributed by atoms with E-state index in [0.29, 0.717) is 73.7 Å². The number of carbonyl (C=O) groups excluding carboxylic acids is 4. The molecule has 0 radical (unpaired) electrons. The Morgan fingerprint density at radius 2 is 0.853 bits per heavy atom. The van der Waals surface area contributed by atoms with Crippen LogP contribution in [-0.2, 0) is 114 Å². The second-order valence-corrected chi connectivity index (χ2v) is 39.2. The number of esters is 2. The summed E-state index contributed by atoms with van der Waals surface area (Å²) in [4.78, 5) is 52.5. The molecule has 30 heteroatoms. The minimum Gasteiger partial charge on any atom is -0.462 e. The highest BCUT2D eigenvalue weighted by Gasteiger charge is 2.63. The Labute approximate surface area is 762 Å². The second kappa shape index (κ2) is 42.8. The summed E-state index contributed by atoms with van der Waals surface area (Å²) in [6.45, 7) is 35.2. The Hall–Kier alpha value is -5.60. The van der Waals surface area contributed by atoms with Crippen molar-refractivity contribution >= 4 is 23.8 Å². The van der Waals surface area contributed by atoms with Crippen LogP contribution >= 0.6 is 0 Å². The maximum atomic E-state index is 14.4. The van der Waals surface area contributed by atoms with Gasteiger partial charge in [0.15, 0.2) is 36.7 Å². The van der Waals surface area contributed by atoms with Crippen molar-refractivity contribution in [3.8, 4) is 0 Å². The van der Waals surface area contributed by atoms with Gasteiger partial charge in [0.25, 0.3) is 0 Å². The molecule has 129 heavy (non-hydrogen) atoms. The summed E-state index contributed by atoms with van der Waals surface area (Å²) in [6, 6.07) is -0.629. The fourth-order valence-corrected chi connectivity index (χ4v) is 21.9. The molecule has 2 unspecified atom stereocenters. The molecule has 12 heterocycles. The zero-order chi connectivity index (χ0) is 93.2. The van der Waals surface area contributed by atoms with E-state index >= 15 is 0 Å². The molecular formula is C99H148N2O28. The van der Waals surface area contributed by atoms with E-state index in [1.54, 1.807) is 66.6 Å². The number of aliphatic hydroxyl groups excluding tert-OH is 2. The van der Waals surface area contributed by atoms with Crippen molar-refractivity contribution < 1.29 is 134 Å². The van der Waals surface area contributed by atoms with Crippen molar-refractivity contribution in [1.29, 1.82) is 0 Å². The van der Waals surface area contributed by atoms with Crippen LogP contribution in [0.2, 0.25) is 0 Å². The average molecular weight is 1810 g/mol. The van der Waals surface area contributed by atoms with Gasteiger partial charge in [-0.25, -0.2) is 0 Å². The first-order valence-corrected chi connectivity index (χ1v) is 47.2. The van der Waals surface area contributed by atoms with E-state index in [-0.39, 0.29) is 122 Å². The van der Waals surface area contributed by atoms with Gasteiger partial charge in [0.05, 0.1) is 111 Å². The Balaban J connectivity index is 0.000000220. The molecule has 0 aromatic rings. The number of nitrogens with one attached hydrogen (secondary N) is 2. The van der Waals surface area contributed by atoms with Gasteiger partial charge in [-0.1, -0.05) is 135 Å². The molecule has 2 amide bonds. The number of amides is 2. The van der Waals surface area contributed by atoms with E-state index in [0.717, 1.165) is 17.6 Å². The third kappa shape index (κ3) is 22.2. The standard InChI is InChI=1S/C50H75NO14.C49H73NO14/c1-12-26(2)45-29(5)18-19-49(65-45)24-36-21-35(64-49)17-16-28(4)44(27(3)14-13-15-34-25-58-47-43(53)30(6)20-37(48(54)61-36)50(34,47)55)62-41-23-39(57-11)46(32(8)60-41)63-40-22-38(56-10)42(31(7)59-40)51-33(9)52;1-25(2)43-28(5)17-18-48(64-43)23-35-20-34(63-48)16-15-27(4)44(26(3)13-12-14-33-24-57-46-42(52)29(6)19-36(47(53)60-35)49(33,46)54)61-40-22-38(56-11)45(31(8)59-40)62-39-21-37(55-10)41(30(7)58-39)50-32(9)51/h13-16,18-20,26-27,29,31-32,35-47,53,55H,12,17,21-25H2,1-11H3,(H,51,52);12-15,17-19,25-26,28,30-31,34-46,52,54H,16,20-24H2,1-11H3,(H,50,51)/b14-13+,28-16+,34-15+;13-12+,27-15+,33-14+/t26-,27-,29-,31-,32-,35+,36-,37?,38-,39-,40-,41-,42+,43+,44-,45+,46-,47+,49+,50+;26-,28-,30-,31-,34+,35-,36?,37-,38-,39-,40-,41+,42+,43+,44-,45-,46+,48+,49+/m00/s1. The molecule has 6 N–H and O–H groups in total. The smallest absolute Gasteiger partial charge is 0.316 e. The predicted octanol–water partition coefficient (Wildman–Crippen LogP) is 10.7. The van der Waals surface area contributed by atoms with Crippen molar-refractivity contribution in [2.75, 3.05) is 41.7 Å². The predicted molar refractivity (Wildman–Crippen MR) is 473 cm³/mol. The minimum atomic E-state index is -1.84. The Kier molecular flexibility index (Phi) is 33.4. The maximum Gasteiger partial charge on any atom is 0.316 e. The van der Waals surface area contributed by atoms with Gasteiger partial charge >= 0.3 is 11.9 Å². The number of ether oxygens (including phenoxy) is 20. The van der Waals surface area contributed by atoms with Gasteiger partial charge in [-0.2, -0.15) is 0 Å². The van der Waals surface area contributed by atoms with Crippen LogP contribution in [0.4, 0.5) is 0 Å². The molecule has 8 fully saturated rings. The largest absolute Gasteiger partial charge is 0.462 e. The molecule has 39 atom stereocenters.